The summed E-state index contributed by atoms with van der Waals surface area (Å²) in [6.45, 7) is 2.28. The lowest BCUT2D eigenvalue weighted by atomic mass is 10.1. The van der Waals surface area contributed by atoms with E-state index < -0.39 is 0 Å². The first-order chi connectivity index (χ1) is 9.29. The topological polar surface area (TPSA) is 60.3 Å². The number of carbonyl (C=O) groups excluding carboxylic acids is 1. The zero-order valence-corrected chi connectivity index (χ0v) is 11.7. The lowest BCUT2D eigenvalue weighted by molar-refractivity contribution is -0.144. The molecule has 5 heteroatoms. The van der Waals surface area contributed by atoms with E-state index in [-0.39, 0.29) is 12.0 Å². The fourth-order valence-electron chi connectivity index (χ4n) is 2.46. The summed E-state index contributed by atoms with van der Waals surface area (Å²) in [7, 11) is 0. The second-order valence-electron chi connectivity index (χ2n) is 4.81. The van der Waals surface area contributed by atoms with Crippen LogP contribution in [0, 0.1) is 0 Å². The van der Waals surface area contributed by atoms with Gasteiger partial charge in [0.1, 0.15) is 6.04 Å². The van der Waals surface area contributed by atoms with Crippen molar-refractivity contribution in [1.82, 2.24) is 10.6 Å². The molecule has 0 aliphatic carbocycles. The summed E-state index contributed by atoms with van der Waals surface area (Å²) in [6, 6.07) is 11.1. The average molecular weight is 278 g/mol. The van der Waals surface area contributed by atoms with Crippen LogP contribution in [0.3, 0.4) is 0 Å². The van der Waals surface area contributed by atoms with Gasteiger partial charge in [-0.25, -0.2) is 0 Å². The van der Waals surface area contributed by atoms with Gasteiger partial charge in [-0.3, -0.25) is 10.1 Å². The Balaban J connectivity index is 1.55. The maximum absolute atomic E-state index is 11.7. The van der Waals surface area contributed by atoms with Gasteiger partial charge in [-0.15, -0.1) is 11.8 Å². The molecule has 2 saturated heterocycles. The number of ether oxygens (including phenoxy) is 1. The van der Waals surface area contributed by atoms with Crippen molar-refractivity contribution < 1.29 is 9.53 Å². The molecule has 2 heterocycles. The van der Waals surface area contributed by atoms with E-state index in [0.29, 0.717) is 24.1 Å². The number of hydrogen-bond acceptors (Lipinski definition) is 5. The summed E-state index contributed by atoms with van der Waals surface area (Å²) >= 11 is 1.80. The lowest BCUT2D eigenvalue weighted by Gasteiger charge is -2.11. The van der Waals surface area contributed by atoms with Gasteiger partial charge in [0.2, 0.25) is 0 Å². The van der Waals surface area contributed by atoms with E-state index in [0.717, 1.165) is 5.75 Å². The van der Waals surface area contributed by atoms with Crippen molar-refractivity contribution in [2.75, 3.05) is 12.4 Å². The Bertz CT molecular complexity index is 454. The van der Waals surface area contributed by atoms with E-state index in [1.807, 2.05) is 13.0 Å². The minimum absolute atomic E-state index is 0.130. The predicted molar refractivity (Wildman–Crippen MR) is 75.9 cm³/mol. The zero-order chi connectivity index (χ0) is 13.2. The molecule has 2 N–H and O–H groups in total. The summed E-state index contributed by atoms with van der Waals surface area (Å²) in [6.07, 6.45) is 0. The Morgan fingerprint density at radius 3 is 2.89 bits per heavy atom. The lowest BCUT2D eigenvalue weighted by Crippen LogP contribution is -2.40. The highest BCUT2D eigenvalue weighted by Gasteiger charge is 2.47. The summed E-state index contributed by atoms with van der Waals surface area (Å²) in [4.78, 5) is 11.7. The number of esters is 1. The summed E-state index contributed by atoms with van der Waals surface area (Å²) < 4.78 is 5.05. The number of carbonyl (C=O) groups is 1. The van der Waals surface area contributed by atoms with E-state index in [4.69, 9.17) is 4.74 Å². The normalized spacial score (nSPS) is 33.1. The van der Waals surface area contributed by atoms with Crippen molar-refractivity contribution in [3.8, 4) is 0 Å². The molecule has 1 aromatic rings. The molecular formula is C14H18N2O2S. The second-order valence-corrected chi connectivity index (χ2v) is 5.98. The highest BCUT2D eigenvalue weighted by Crippen LogP contribution is 2.38. The summed E-state index contributed by atoms with van der Waals surface area (Å²) in [5.41, 5.74) is 1.31. The van der Waals surface area contributed by atoms with Gasteiger partial charge in [0, 0.05) is 5.75 Å². The van der Waals surface area contributed by atoms with E-state index in [9.17, 15) is 4.79 Å². The monoisotopic (exact) mass is 278 g/mol. The molecule has 3 rings (SSSR count). The minimum Gasteiger partial charge on any atom is -0.465 e. The van der Waals surface area contributed by atoms with Crippen LogP contribution in [0.1, 0.15) is 18.5 Å². The first-order valence-corrected chi connectivity index (χ1v) is 7.69. The number of nitrogens with one attached hydrogen (secondary N) is 2. The maximum Gasteiger partial charge on any atom is 0.324 e. The van der Waals surface area contributed by atoms with Gasteiger partial charge in [-0.05, 0) is 12.5 Å². The standard InChI is InChI=1S/C14H18N2O2S/c1-2-18-14(17)10-8-19-13(15-10)12-11(16-12)9-6-4-3-5-7-9/h3-7,10-13,15-16H,2,8H2,1H3/t10-,11-,12+,13?/m0/s1. The van der Waals surface area contributed by atoms with Crippen molar-refractivity contribution in [3.63, 3.8) is 0 Å². The largest absolute Gasteiger partial charge is 0.465 e. The fourth-order valence-corrected chi connectivity index (χ4v) is 3.79. The van der Waals surface area contributed by atoms with Gasteiger partial charge in [0.05, 0.1) is 24.1 Å². The molecule has 0 spiro atoms. The Morgan fingerprint density at radius 2 is 2.16 bits per heavy atom. The van der Waals surface area contributed by atoms with E-state index in [1.165, 1.54) is 5.56 Å². The number of hydrogen-bond donors (Lipinski definition) is 2. The van der Waals surface area contributed by atoms with Crippen LogP contribution in [0.15, 0.2) is 30.3 Å². The van der Waals surface area contributed by atoms with Gasteiger partial charge < -0.3 is 10.1 Å². The van der Waals surface area contributed by atoms with Crippen molar-refractivity contribution in [3.05, 3.63) is 35.9 Å². The third kappa shape index (κ3) is 2.78. The number of rotatable bonds is 4. The minimum atomic E-state index is -0.159. The van der Waals surface area contributed by atoms with Crippen LogP contribution in [0.2, 0.25) is 0 Å². The molecule has 1 aromatic carbocycles. The van der Waals surface area contributed by atoms with Crippen molar-refractivity contribution in [2.24, 2.45) is 0 Å². The van der Waals surface area contributed by atoms with Crippen LogP contribution in [0.5, 0.6) is 0 Å². The van der Waals surface area contributed by atoms with Gasteiger partial charge >= 0.3 is 5.97 Å². The third-order valence-corrected chi connectivity index (χ3v) is 4.80. The quantitative estimate of drug-likeness (QED) is 0.642. The smallest absolute Gasteiger partial charge is 0.324 e. The van der Waals surface area contributed by atoms with Crippen LogP contribution < -0.4 is 10.6 Å². The summed E-state index contributed by atoms with van der Waals surface area (Å²) in [5, 5.41) is 7.14. The highest BCUT2D eigenvalue weighted by atomic mass is 32.2. The molecule has 2 aliphatic rings. The molecule has 0 radical (unpaired) electrons. The fraction of sp³-hybridized carbons (Fsp3) is 0.500. The van der Waals surface area contributed by atoms with Crippen LogP contribution in [-0.4, -0.2) is 35.8 Å². The van der Waals surface area contributed by atoms with Gasteiger partial charge in [0.15, 0.2) is 0 Å². The highest BCUT2D eigenvalue weighted by molar-refractivity contribution is 8.00. The average Bonchev–Trinajstić information content (AvgIpc) is 3.09. The Hall–Kier alpha value is -1.04. The van der Waals surface area contributed by atoms with Gasteiger partial charge in [0.25, 0.3) is 0 Å². The maximum atomic E-state index is 11.7. The molecule has 0 bridgehead atoms. The third-order valence-electron chi connectivity index (χ3n) is 3.49. The van der Waals surface area contributed by atoms with Crippen LogP contribution >= 0.6 is 11.8 Å². The molecule has 1 unspecified atom stereocenters. The molecule has 0 saturated carbocycles. The molecule has 0 aromatic heterocycles. The SMILES string of the molecule is CCOC(=O)[C@@H]1CSC([C@@H]2N[C@H]2c2ccccc2)N1. The van der Waals surface area contributed by atoms with Crippen LogP contribution in [0.4, 0.5) is 0 Å². The molecule has 102 valence electrons. The first kappa shape index (κ1) is 13.0. The van der Waals surface area contributed by atoms with Crippen LogP contribution in [-0.2, 0) is 9.53 Å². The van der Waals surface area contributed by atoms with Crippen LogP contribution in [0.25, 0.3) is 0 Å². The predicted octanol–water partition coefficient (Wildman–Crippen LogP) is 1.29. The van der Waals surface area contributed by atoms with Crippen molar-refractivity contribution in [2.45, 2.75) is 30.4 Å². The molecule has 4 atom stereocenters. The first-order valence-electron chi connectivity index (χ1n) is 6.65. The summed E-state index contributed by atoms with van der Waals surface area (Å²) in [5.74, 6) is 0.665. The molecule has 19 heavy (non-hydrogen) atoms. The molecule has 2 aliphatic heterocycles. The Morgan fingerprint density at radius 1 is 1.37 bits per heavy atom. The zero-order valence-electron chi connectivity index (χ0n) is 10.8. The van der Waals surface area contributed by atoms with Crippen molar-refractivity contribution >= 4 is 17.7 Å². The molecular weight excluding hydrogens is 260 g/mol. The second kappa shape index (κ2) is 5.53. The molecule has 4 nitrogen and oxygen atoms in total. The Labute approximate surface area is 117 Å². The van der Waals surface area contributed by atoms with E-state index in [1.54, 1.807) is 11.8 Å². The van der Waals surface area contributed by atoms with Crippen molar-refractivity contribution in [1.29, 1.82) is 0 Å². The molecule has 2 fully saturated rings. The number of thioether (sulfide) groups is 1. The number of benzene rings is 1. The van der Waals surface area contributed by atoms with Gasteiger partial charge in [-0.1, -0.05) is 30.3 Å². The van der Waals surface area contributed by atoms with E-state index >= 15 is 0 Å². The Kier molecular flexibility index (Phi) is 3.77. The molecule has 0 amide bonds. The van der Waals surface area contributed by atoms with Gasteiger partial charge in [-0.2, -0.15) is 0 Å². The van der Waals surface area contributed by atoms with E-state index in [2.05, 4.69) is 34.9 Å².